The third-order valence-electron chi connectivity index (χ3n) is 3.84. The SMILES string of the molecule is Cc1cccc(C)c1OCC(=O)NNC(=O)c1sc(-c2ccsc2)nc1C. The number of nitrogens with one attached hydrogen (secondary N) is 2. The molecule has 2 N–H and O–H groups in total. The molecule has 6 nitrogen and oxygen atoms in total. The van der Waals surface area contributed by atoms with Crippen molar-refractivity contribution in [2.45, 2.75) is 20.8 Å². The molecule has 2 heterocycles. The molecule has 3 aromatic rings. The molecule has 1 aromatic carbocycles. The van der Waals surface area contributed by atoms with Crippen molar-refractivity contribution in [3.05, 3.63) is 56.7 Å². The Hall–Kier alpha value is -2.71. The van der Waals surface area contributed by atoms with Crippen LogP contribution in [-0.4, -0.2) is 23.4 Å². The summed E-state index contributed by atoms with van der Waals surface area (Å²) >= 11 is 2.86. The van der Waals surface area contributed by atoms with Crippen molar-refractivity contribution in [1.29, 1.82) is 0 Å². The maximum absolute atomic E-state index is 12.3. The van der Waals surface area contributed by atoms with Crippen LogP contribution in [0.1, 0.15) is 26.5 Å². The zero-order valence-electron chi connectivity index (χ0n) is 15.2. The van der Waals surface area contributed by atoms with Gasteiger partial charge in [0, 0.05) is 10.9 Å². The zero-order chi connectivity index (χ0) is 19.4. The van der Waals surface area contributed by atoms with Crippen LogP contribution in [0.5, 0.6) is 5.75 Å². The number of thiophene rings is 1. The number of thiazole rings is 1. The molecule has 0 spiro atoms. The second-order valence-electron chi connectivity index (χ2n) is 5.96. The molecule has 0 aliphatic rings. The summed E-state index contributed by atoms with van der Waals surface area (Å²) < 4.78 is 5.57. The number of carbonyl (C=O) groups is 2. The number of aromatic nitrogens is 1. The van der Waals surface area contributed by atoms with Crippen LogP contribution in [0.2, 0.25) is 0 Å². The van der Waals surface area contributed by atoms with Crippen LogP contribution < -0.4 is 15.6 Å². The van der Waals surface area contributed by atoms with E-state index in [1.165, 1.54) is 11.3 Å². The molecular weight excluding hydrogens is 382 g/mol. The Bertz CT molecular complexity index is 944. The van der Waals surface area contributed by atoms with Gasteiger partial charge >= 0.3 is 0 Å². The van der Waals surface area contributed by atoms with Crippen LogP contribution in [0.3, 0.4) is 0 Å². The highest BCUT2D eigenvalue weighted by molar-refractivity contribution is 7.17. The monoisotopic (exact) mass is 401 g/mol. The van der Waals surface area contributed by atoms with E-state index in [-0.39, 0.29) is 6.61 Å². The molecule has 0 aliphatic carbocycles. The summed E-state index contributed by atoms with van der Waals surface area (Å²) in [4.78, 5) is 29.2. The van der Waals surface area contributed by atoms with Gasteiger partial charge in [-0.3, -0.25) is 20.4 Å². The van der Waals surface area contributed by atoms with Crippen LogP contribution in [0.15, 0.2) is 35.0 Å². The van der Waals surface area contributed by atoms with E-state index in [1.807, 2.05) is 48.9 Å². The van der Waals surface area contributed by atoms with Gasteiger partial charge in [-0.25, -0.2) is 4.98 Å². The van der Waals surface area contributed by atoms with E-state index in [4.69, 9.17) is 4.74 Å². The topological polar surface area (TPSA) is 80.3 Å². The van der Waals surface area contributed by atoms with Gasteiger partial charge in [-0.05, 0) is 43.3 Å². The lowest BCUT2D eigenvalue weighted by atomic mass is 10.1. The van der Waals surface area contributed by atoms with E-state index in [0.29, 0.717) is 16.3 Å². The molecule has 2 aromatic heterocycles. The minimum absolute atomic E-state index is 0.187. The number of hydrogen-bond donors (Lipinski definition) is 2. The Morgan fingerprint density at radius 2 is 1.85 bits per heavy atom. The van der Waals surface area contributed by atoms with E-state index in [2.05, 4.69) is 15.8 Å². The average Bonchev–Trinajstić information content (AvgIpc) is 3.28. The van der Waals surface area contributed by atoms with Crippen molar-refractivity contribution in [2.24, 2.45) is 0 Å². The maximum atomic E-state index is 12.3. The summed E-state index contributed by atoms with van der Waals surface area (Å²) in [6.07, 6.45) is 0. The molecule has 0 unspecified atom stereocenters. The number of carbonyl (C=O) groups excluding carboxylic acids is 2. The minimum atomic E-state index is -0.439. The molecule has 8 heteroatoms. The average molecular weight is 402 g/mol. The molecule has 0 atom stereocenters. The van der Waals surface area contributed by atoms with Gasteiger partial charge in [0.1, 0.15) is 15.6 Å². The number of amides is 2. The first-order valence-electron chi connectivity index (χ1n) is 8.24. The van der Waals surface area contributed by atoms with Gasteiger partial charge in [-0.1, -0.05) is 18.2 Å². The van der Waals surface area contributed by atoms with Crippen LogP contribution >= 0.6 is 22.7 Å². The van der Waals surface area contributed by atoms with Crippen LogP contribution in [0.4, 0.5) is 0 Å². The van der Waals surface area contributed by atoms with Gasteiger partial charge in [0.2, 0.25) is 0 Å². The molecule has 0 fully saturated rings. The number of rotatable bonds is 5. The standard InChI is InChI=1S/C19H19N3O3S2/c1-11-5-4-6-12(2)16(11)25-9-15(23)21-22-18(24)17-13(3)20-19(27-17)14-7-8-26-10-14/h4-8,10H,9H2,1-3H3,(H,21,23)(H,22,24). The van der Waals surface area contributed by atoms with Gasteiger partial charge < -0.3 is 4.74 Å². The fourth-order valence-electron chi connectivity index (χ4n) is 2.50. The van der Waals surface area contributed by atoms with Gasteiger partial charge in [0.15, 0.2) is 6.61 Å². The predicted molar refractivity (Wildman–Crippen MR) is 107 cm³/mol. The Balaban J connectivity index is 1.55. The third-order valence-corrected chi connectivity index (χ3v) is 5.73. The summed E-state index contributed by atoms with van der Waals surface area (Å²) in [6.45, 7) is 5.42. The van der Waals surface area contributed by atoms with Gasteiger partial charge in [-0.2, -0.15) is 11.3 Å². The number of aryl methyl sites for hydroxylation is 3. The molecule has 0 saturated carbocycles. The van der Waals surface area contributed by atoms with Gasteiger partial charge in [0.05, 0.1) is 5.69 Å². The lowest BCUT2D eigenvalue weighted by Crippen LogP contribution is -2.43. The van der Waals surface area contributed by atoms with Crippen molar-refractivity contribution in [3.8, 4) is 16.3 Å². The zero-order valence-corrected chi connectivity index (χ0v) is 16.8. The van der Waals surface area contributed by atoms with Crippen LogP contribution in [0, 0.1) is 20.8 Å². The molecule has 0 aliphatic heterocycles. The number of nitrogens with zero attached hydrogens (tertiary/aromatic N) is 1. The fourth-order valence-corrected chi connectivity index (χ4v) is 4.17. The normalized spacial score (nSPS) is 10.5. The van der Waals surface area contributed by atoms with Crippen molar-refractivity contribution >= 4 is 34.5 Å². The summed E-state index contributed by atoms with van der Waals surface area (Å²) in [5, 5.41) is 4.72. The number of hydrogen-bond acceptors (Lipinski definition) is 6. The van der Waals surface area contributed by atoms with E-state index in [9.17, 15) is 9.59 Å². The highest BCUT2D eigenvalue weighted by atomic mass is 32.1. The number of para-hydroxylation sites is 1. The summed E-state index contributed by atoms with van der Waals surface area (Å²) in [7, 11) is 0. The second-order valence-corrected chi connectivity index (χ2v) is 7.74. The molecule has 140 valence electrons. The summed E-state index contributed by atoms with van der Waals surface area (Å²) in [6, 6.07) is 7.72. The Morgan fingerprint density at radius 1 is 1.11 bits per heavy atom. The number of hydrazine groups is 1. The third kappa shape index (κ3) is 4.53. The molecule has 0 radical (unpaired) electrons. The second kappa shape index (κ2) is 8.32. The number of benzene rings is 1. The summed E-state index contributed by atoms with van der Waals surface area (Å²) in [5.41, 5.74) is 8.31. The van der Waals surface area contributed by atoms with Crippen LogP contribution in [0.25, 0.3) is 10.6 Å². The fraction of sp³-hybridized carbons (Fsp3) is 0.211. The first kappa shape index (κ1) is 19.1. The lowest BCUT2D eigenvalue weighted by molar-refractivity contribution is -0.123. The Labute approximate surface area is 165 Å². The Kier molecular flexibility index (Phi) is 5.88. The first-order valence-corrected chi connectivity index (χ1v) is 10.00. The molecule has 3 rings (SSSR count). The quantitative estimate of drug-likeness (QED) is 0.640. The number of ether oxygens (including phenoxy) is 1. The van der Waals surface area contributed by atoms with Crippen molar-refractivity contribution in [1.82, 2.24) is 15.8 Å². The lowest BCUT2D eigenvalue weighted by Gasteiger charge is -2.12. The molecule has 27 heavy (non-hydrogen) atoms. The highest BCUT2D eigenvalue weighted by Gasteiger charge is 2.17. The minimum Gasteiger partial charge on any atom is -0.483 e. The summed E-state index contributed by atoms with van der Waals surface area (Å²) in [5.74, 6) is -0.157. The van der Waals surface area contributed by atoms with E-state index in [1.54, 1.807) is 18.3 Å². The van der Waals surface area contributed by atoms with E-state index < -0.39 is 11.8 Å². The molecule has 2 amide bonds. The van der Waals surface area contributed by atoms with Crippen molar-refractivity contribution < 1.29 is 14.3 Å². The largest absolute Gasteiger partial charge is 0.483 e. The Morgan fingerprint density at radius 3 is 2.52 bits per heavy atom. The van der Waals surface area contributed by atoms with Gasteiger partial charge in [-0.15, -0.1) is 11.3 Å². The first-order chi connectivity index (χ1) is 13.0. The van der Waals surface area contributed by atoms with E-state index >= 15 is 0 Å². The molecule has 0 saturated heterocycles. The molecule has 0 bridgehead atoms. The van der Waals surface area contributed by atoms with Crippen molar-refractivity contribution in [2.75, 3.05) is 6.61 Å². The maximum Gasteiger partial charge on any atom is 0.281 e. The van der Waals surface area contributed by atoms with Gasteiger partial charge in [0.25, 0.3) is 11.8 Å². The van der Waals surface area contributed by atoms with Crippen LogP contribution in [-0.2, 0) is 4.79 Å². The highest BCUT2D eigenvalue weighted by Crippen LogP contribution is 2.29. The predicted octanol–water partition coefficient (Wildman–Crippen LogP) is 3.64. The molecular formula is C19H19N3O3S2. The van der Waals surface area contributed by atoms with Crippen molar-refractivity contribution in [3.63, 3.8) is 0 Å². The smallest absolute Gasteiger partial charge is 0.281 e. The van der Waals surface area contributed by atoms with E-state index in [0.717, 1.165) is 21.7 Å².